The summed E-state index contributed by atoms with van der Waals surface area (Å²) in [6.45, 7) is 10.6. The van der Waals surface area contributed by atoms with Crippen LogP contribution in [0, 0.1) is 0 Å². The molecule has 1 aliphatic heterocycles. The molecule has 4 rings (SSSR count). The van der Waals surface area contributed by atoms with Crippen LogP contribution in [-0.2, 0) is 25.4 Å². The molecule has 1 aliphatic rings. The Balaban J connectivity index is 1.46. The number of carbonyl (C=O) groups is 2. The number of aliphatic hydroxyl groups is 1. The minimum absolute atomic E-state index is 0.144. The van der Waals surface area contributed by atoms with Crippen LogP contribution >= 0.6 is 45.8 Å². The number of esters is 1. The third-order valence-corrected chi connectivity index (χ3v) is 8.92. The van der Waals surface area contributed by atoms with Gasteiger partial charge in [0.15, 0.2) is 6.29 Å². The average molecular weight is 640 g/mol. The second kappa shape index (κ2) is 12.8. The van der Waals surface area contributed by atoms with Crippen LogP contribution in [0.4, 0.5) is 4.79 Å². The van der Waals surface area contributed by atoms with Crippen LogP contribution in [0.15, 0.2) is 21.1 Å². The van der Waals surface area contributed by atoms with Gasteiger partial charge in [0, 0.05) is 35.4 Å². The number of rotatable bonds is 9. The third-order valence-electron chi connectivity index (χ3n) is 5.22. The molecule has 0 spiro atoms. The lowest BCUT2D eigenvalue weighted by molar-refractivity contribution is -0.157. The maximum atomic E-state index is 12.9. The summed E-state index contributed by atoms with van der Waals surface area (Å²) < 4.78 is 15.9. The first kappa shape index (κ1) is 31.5. The minimum atomic E-state index is -0.968. The second-order valence-electron chi connectivity index (χ2n) is 11.1. The Morgan fingerprint density at radius 2 is 1.54 bits per heavy atom. The molecule has 0 fully saturated rings. The third kappa shape index (κ3) is 8.78. The van der Waals surface area contributed by atoms with Gasteiger partial charge in [0.1, 0.15) is 55.4 Å². The van der Waals surface area contributed by atoms with Crippen molar-refractivity contribution in [3.63, 3.8) is 0 Å². The number of nitrogens with zero attached hydrogens (tertiary/aromatic N) is 4. The normalized spacial score (nSPS) is 17.2. The van der Waals surface area contributed by atoms with E-state index >= 15 is 0 Å². The molecule has 3 aromatic rings. The highest BCUT2D eigenvalue weighted by atomic mass is 32.2. The number of aliphatic hydroxyl groups excluding tert-OH is 1. The van der Waals surface area contributed by atoms with Crippen molar-refractivity contribution in [3.8, 4) is 21.4 Å². The summed E-state index contributed by atoms with van der Waals surface area (Å²) in [6, 6.07) is -1.28. The van der Waals surface area contributed by atoms with Crippen LogP contribution in [-0.4, -0.2) is 79.6 Å². The van der Waals surface area contributed by atoms with Gasteiger partial charge in [0.2, 0.25) is 0 Å². The molecule has 3 atom stereocenters. The molecule has 11 nitrogen and oxygen atoms in total. The number of ether oxygens (including phenoxy) is 3. The van der Waals surface area contributed by atoms with E-state index < -0.39 is 35.6 Å². The number of nitrogens with one attached hydrogen (secondary N) is 1. The molecule has 1 amide bonds. The molecule has 0 bridgehead atoms. The van der Waals surface area contributed by atoms with Crippen molar-refractivity contribution in [3.05, 3.63) is 26.8 Å². The fourth-order valence-electron chi connectivity index (χ4n) is 3.51. The molecule has 41 heavy (non-hydrogen) atoms. The lowest BCUT2D eigenvalue weighted by atomic mass is 10.1. The summed E-state index contributed by atoms with van der Waals surface area (Å²) in [4.78, 5) is 44.0. The Morgan fingerprint density at radius 3 is 2.17 bits per heavy atom. The first-order valence-corrected chi connectivity index (χ1v) is 16.3. The molecule has 222 valence electrons. The van der Waals surface area contributed by atoms with Crippen LogP contribution in [0.3, 0.4) is 0 Å². The minimum Gasteiger partial charge on any atom is -0.458 e. The van der Waals surface area contributed by atoms with Crippen LogP contribution in [0.25, 0.3) is 21.4 Å². The first-order chi connectivity index (χ1) is 19.2. The van der Waals surface area contributed by atoms with Crippen molar-refractivity contribution in [1.82, 2.24) is 20.3 Å². The fourth-order valence-corrected chi connectivity index (χ4v) is 7.11. The molecule has 2 unspecified atom stereocenters. The average Bonchev–Trinajstić information content (AvgIpc) is 3.66. The van der Waals surface area contributed by atoms with Gasteiger partial charge in [-0.3, -0.25) is 4.99 Å². The quantitative estimate of drug-likeness (QED) is 0.243. The largest absolute Gasteiger partial charge is 0.458 e. The zero-order chi connectivity index (χ0) is 29.9. The van der Waals surface area contributed by atoms with Crippen molar-refractivity contribution >= 4 is 62.9 Å². The SMILES string of the molecule is COC(O)C1CSC(c2csc(-c3csc(-c4csc(C[C@H](NC(=O)OC(C)(C)C)C(=O)OC(C)(C)C)n4)n3)n2)=N1. The van der Waals surface area contributed by atoms with E-state index in [0.29, 0.717) is 21.5 Å². The van der Waals surface area contributed by atoms with Crippen molar-refractivity contribution in [2.75, 3.05) is 12.9 Å². The van der Waals surface area contributed by atoms with Gasteiger partial charge in [0.25, 0.3) is 0 Å². The van der Waals surface area contributed by atoms with Crippen molar-refractivity contribution in [2.45, 2.75) is 77.5 Å². The summed E-state index contributed by atoms with van der Waals surface area (Å²) >= 11 is 5.82. The Kier molecular flexibility index (Phi) is 9.86. The van der Waals surface area contributed by atoms with E-state index in [1.54, 1.807) is 41.5 Å². The van der Waals surface area contributed by atoms with E-state index in [-0.39, 0.29) is 12.5 Å². The van der Waals surface area contributed by atoms with Crippen LogP contribution in [0.2, 0.25) is 0 Å². The highest BCUT2D eigenvalue weighted by molar-refractivity contribution is 8.14. The van der Waals surface area contributed by atoms with Gasteiger partial charge in [-0.05, 0) is 41.5 Å². The number of thioether (sulfide) groups is 1. The smallest absolute Gasteiger partial charge is 0.408 e. The van der Waals surface area contributed by atoms with E-state index in [1.807, 2.05) is 16.1 Å². The predicted molar refractivity (Wildman–Crippen MR) is 163 cm³/mol. The van der Waals surface area contributed by atoms with Gasteiger partial charge in [0.05, 0.1) is 5.01 Å². The predicted octanol–water partition coefficient (Wildman–Crippen LogP) is 4.99. The molecule has 4 heterocycles. The zero-order valence-corrected chi connectivity index (χ0v) is 27.1. The molecule has 15 heteroatoms. The van der Waals surface area contributed by atoms with Gasteiger partial charge in [-0.25, -0.2) is 24.5 Å². The number of aliphatic imine (C=N–C) groups is 1. The van der Waals surface area contributed by atoms with E-state index in [1.165, 1.54) is 52.9 Å². The Labute approximate surface area is 254 Å². The molecule has 0 aromatic carbocycles. The monoisotopic (exact) mass is 639 g/mol. The number of alkyl carbamates (subject to hydrolysis) is 1. The highest BCUT2D eigenvalue weighted by Crippen LogP contribution is 2.33. The number of hydrogen-bond acceptors (Lipinski definition) is 14. The molecule has 0 aliphatic carbocycles. The second-order valence-corrected chi connectivity index (χ2v) is 14.7. The Morgan fingerprint density at radius 1 is 0.951 bits per heavy atom. The number of methoxy groups -OCH3 is 1. The van der Waals surface area contributed by atoms with Crippen molar-refractivity contribution in [2.24, 2.45) is 4.99 Å². The first-order valence-electron chi connectivity index (χ1n) is 12.7. The topological polar surface area (TPSA) is 145 Å². The number of thiazole rings is 3. The fraction of sp³-hybridized carbons (Fsp3) is 0.538. The summed E-state index contributed by atoms with van der Waals surface area (Å²) in [6.07, 6.45) is -1.49. The molecular formula is C26H33N5O6S4. The maximum Gasteiger partial charge on any atom is 0.408 e. The van der Waals surface area contributed by atoms with Crippen molar-refractivity contribution in [1.29, 1.82) is 0 Å². The summed E-state index contributed by atoms with van der Waals surface area (Å²) in [5, 5.41) is 21.1. The highest BCUT2D eigenvalue weighted by Gasteiger charge is 2.30. The summed E-state index contributed by atoms with van der Waals surface area (Å²) in [7, 11) is 1.45. The van der Waals surface area contributed by atoms with Gasteiger partial charge in [-0.1, -0.05) is 0 Å². The van der Waals surface area contributed by atoms with Crippen LogP contribution in [0.1, 0.15) is 52.2 Å². The standard InChI is InChI=1S/C26H33N5O6S4/c1-25(2,3)36-23(33)13(31-24(34)37-26(4,5)6)8-18-27-14(9-38-18)19-28-15(10-39-19)20-29-16(11-40-20)21-30-17(12-41-21)22(32)35-7/h9-11,13,17,22,32H,8,12H2,1-7H3,(H,31,34)/t13-,17?,22?/m0/s1. The Hall–Kier alpha value is -2.43. The van der Waals surface area contributed by atoms with E-state index in [0.717, 1.165) is 21.4 Å². The van der Waals surface area contributed by atoms with Crippen molar-refractivity contribution < 1.29 is 28.9 Å². The van der Waals surface area contributed by atoms with E-state index in [9.17, 15) is 14.7 Å². The lowest BCUT2D eigenvalue weighted by Crippen LogP contribution is -2.47. The summed E-state index contributed by atoms with van der Waals surface area (Å²) in [5.41, 5.74) is 0.714. The van der Waals surface area contributed by atoms with Gasteiger partial charge >= 0.3 is 12.1 Å². The number of carbonyl (C=O) groups excluding carboxylic acids is 2. The van der Waals surface area contributed by atoms with Crippen LogP contribution < -0.4 is 5.32 Å². The molecule has 3 aromatic heterocycles. The molecular weight excluding hydrogens is 607 g/mol. The lowest BCUT2D eigenvalue weighted by Gasteiger charge is -2.25. The number of hydrogen-bond donors (Lipinski definition) is 2. The van der Waals surface area contributed by atoms with E-state index in [4.69, 9.17) is 24.2 Å². The molecule has 0 saturated carbocycles. The van der Waals surface area contributed by atoms with E-state index in [2.05, 4.69) is 15.3 Å². The molecule has 0 radical (unpaired) electrons. The Bertz CT molecular complexity index is 1400. The van der Waals surface area contributed by atoms with Gasteiger partial charge in [-0.15, -0.1) is 45.8 Å². The molecule has 2 N–H and O–H groups in total. The number of aromatic nitrogens is 3. The van der Waals surface area contributed by atoms with Gasteiger partial charge in [-0.2, -0.15) is 0 Å². The van der Waals surface area contributed by atoms with Gasteiger partial charge < -0.3 is 24.6 Å². The molecule has 0 saturated heterocycles. The summed E-state index contributed by atoms with van der Waals surface area (Å²) in [5.74, 6) is 0.0658. The zero-order valence-electron chi connectivity index (χ0n) is 23.8. The maximum absolute atomic E-state index is 12.9. The number of amides is 1. The van der Waals surface area contributed by atoms with Crippen LogP contribution in [0.5, 0.6) is 0 Å².